The molecule has 0 radical (unpaired) electrons. The summed E-state index contributed by atoms with van der Waals surface area (Å²) < 4.78 is 12.5. The second kappa shape index (κ2) is 7.75. The fraction of sp³-hybridized carbons (Fsp3) is 0.190. The van der Waals surface area contributed by atoms with E-state index >= 15 is 0 Å². The first-order chi connectivity index (χ1) is 13.0. The maximum Gasteiger partial charge on any atom is 0.293 e. The standard InChI is InChI=1S/C21H19N3O3/c1-14(21(25)23-18-6-4-15(12-22)5-7-18)24-9-8-16-10-19(26-2)20(27-3)11-17(16)13-24/h4-11,13-14H,1-3H3/p+1. The van der Waals surface area contributed by atoms with Gasteiger partial charge < -0.3 is 14.8 Å². The molecule has 0 fully saturated rings. The summed E-state index contributed by atoms with van der Waals surface area (Å²) in [4.78, 5) is 12.6. The molecule has 1 amide bonds. The number of pyridine rings is 1. The number of nitriles is 1. The second-order valence-electron chi connectivity index (χ2n) is 6.08. The predicted molar refractivity (Wildman–Crippen MR) is 102 cm³/mol. The number of carbonyl (C=O) groups excluding carboxylic acids is 1. The summed E-state index contributed by atoms with van der Waals surface area (Å²) in [5.74, 6) is 1.15. The monoisotopic (exact) mass is 362 g/mol. The van der Waals surface area contributed by atoms with E-state index in [0.717, 1.165) is 10.8 Å². The molecule has 6 nitrogen and oxygen atoms in total. The number of benzene rings is 2. The van der Waals surface area contributed by atoms with Crippen molar-refractivity contribution in [3.63, 3.8) is 0 Å². The van der Waals surface area contributed by atoms with Crippen LogP contribution in [0.3, 0.4) is 0 Å². The van der Waals surface area contributed by atoms with Gasteiger partial charge in [-0.3, -0.25) is 4.79 Å². The Kier molecular flexibility index (Phi) is 5.23. The number of methoxy groups -OCH3 is 2. The molecule has 0 aliphatic heterocycles. The Morgan fingerprint density at radius 2 is 1.70 bits per heavy atom. The molecule has 3 aromatic rings. The van der Waals surface area contributed by atoms with Gasteiger partial charge in [0.15, 0.2) is 23.9 Å². The van der Waals surface area contributed by atoms with Crippen LogP contribution in [-0.2, 0) is 4.79 Å². The molecule has 1 atom stereocenters. The van der Waals surface area contributed by atoms with Crippen molar-refractivity contribution < 1.29 is 18.8 Å². The van der Waals surface area contributed by atoms with Crippen LogP contribution in [0.15, 0.2) is 54.9 Å². The Morgan fingerprint density at radius 3 is 2.30 bits per heavy atom. The third-order valence-electron chi connectivity index (χ3n) is 4.41. The van der Waals surface area contributed by atoms with Gasteiger partial charge in [-0.15, -0.1) is 0 Å². The first-order valence-electron chi connectivity index (χ1n) is 8.43. The van der Waals surface area contributed by atoms with E-state index in [1.54, 1.807) is 38.5 Å². The van der Waals surface area contributed by atoms with Gasteiger partial charge in [-0.05, 0) is 41.8 Å². The van der Waals surface area contributed by atoms with Gasteiger partial charge in [0.25, 0.3) is 5.91 Å². The second-order valence-corrected chi connectivity index (χ2v) is 6.08. The van der Waals surface area contributed by atoms with E-state index in [0.29, 0.717) is 22.7 Å². The zero-order chi connectivity index (χ0) is 19.4. The van der Waals surface area contributed by atoms with Gasteiger partial charge in [-0.1, -0.05) is 0 Å². The Labute approximate surface area is 157 Å². The first-order valence-corrected chi connectivity index (χ1v) is 8.43. The molecule has 3 rings (SSSR count). The summed E-state index contributed by atoms with van der Waals surface area (Å²) in [6, 6.07) is 14.1. The van der Waals surface area contributed by atoms with Crippen LogP contribution in [0.4, 0.5) is 5.69 Å². The summed E-state index contributed by atoms with van der Waals surface area (Å²) in [6.07, 6.45) is 3.76. The highest BCUT2D eigenvalue weighted by molar-refractivity contribution is 5.92. The van der Waals surface area contributed by atoms with Crippen LogP contribution in [0.1, 0.15) is 18.5 Å². The fourth-order valence-electron chi connectivity index (χ4n) is 2.79. The maximum atomic E-state index is 12.6. The largest absolute Gasteiger partial charge is 0.493 e. The van der Waals surface area contributed by atoms with Crippen molar-refractivity contribution >= 4 is 22.4 Å². The fourth-order valence-corrected chi connectivity index (χ4v) is 2.79. The van der Waals surface area contributed by atoms with Crippen molar-refractivity contribution in [3.05, 3.63) is 60.4 Å². The van der Waals surface area contributed by atoms with Crippen LogP contribution in [0.5, 0.6) is 11.5 Å². The van der Waals surface area contributed by atoms with E-state index in [9.17, 15) is 4.79 Å². The van der Waals surface area contributed by atoms with Crippen molar-refractivity contribution in [1.82, 2.24) is 0 Å². The van der Waals surface area contributed by atoms with Gasteiger partial charge in [0.1, 0.15) is 0 Å². The van der Waals surface area contributed by atoms with Gasteiger partial charge in [-0.25, -0.2) is 0 Å². The van der Waals surface area contributed by atoms with E-state index < -0.39 is 6.04 Å². The summed E-state index contributed by atoms with van der Waals surface area (Å²) in [6.45, 7) is 1.82. The number of rotatable bonds is 5. The molecule has 6 heteroatoms. The van der Waals surface area contributed by atoms with Crippen LogP contribution in [0.25, 0.3) is 10.8 Å². The quantitative estimate of drug-likeness (QED) is 0.707. The lowest BCUT2D eigenvalue weighted by Gasteiger charge is -2.11. The van der Waals surface area contributed by atoms with Crippen molar-refractivity contribution in [3.8, 4) is 17.6 Å². The van der Waals surface area contributed by atoms with Crippen LogP contribution in [0.2, 0.25) is 0 Å². The molecule has 1 N–H and O–H groups in total. The number of nitrogens with zero attached hydrogens (tertiary/aromatic N) is 2. The minimum atomic E-state index is -0.418. The molecule has 1 unspecified atom stereocenters. The van der Waals surface area contributed by atoms with Crippen molar-refractivity contribution in [2.45, 2.75) is 13.0 Å². The smallest absolute Gasteiger partial charge is 0.293 e. The lowest BCUT2D eigenvalue weighted by molar-refractivity contribution is -0.704. The molecule has 1 aromatic heterocycles. The predicted octanol–water partition coefficient (Wildman–Crippen LogP) is 3.22. The summed E-state index contributed by atoms with van der Waals surface area (Å²) in [5, 5.41) is 13.6. The third-order valence-corrected chi connectivity index (χ3v) is 4.41. The normalized spacial score (nSPS) is 11.5. The number of hydrogen-bond donors (Lipinski definition) is 1. The van der Waals surface area contributed by atoms with E-state index in [2.05, 4.69) is 11.4 Å². The highest BCUT2D eigenvalue weighted by atomic mass is 16.5. The SMILES string of the molecule is COc1cc2cc[n+](C(C)C(=O)Nc3ccc(C#N)cc3)cc2cc1OC. The lowest BCUT2D eigenvalue weighted by atomic mass is 10.1. The van der Waals surface area contributed by atoms with E-state index in [4.69, 9.17) is 14.7 Å². The Balaban J connectivity index is 1.84. The van der Waals surface area contributed by atoms with E-state index in [1.807, 2.05) is 42.1 Å². The van der Waals surface area contributed by atoms with Crippen LogP contribution < -0.4 is 19.4 Å². The molecule has 0 saturated heterocycles. The van der Waals surface area contributed by atoms with Gasteiger partial charge in [0.05, 0.1) is 25.9 Å². The zero-order valence-electron chi connectivity index (χ0n) is 15.4. The number of carbonyl (C=O) groups is 1. The Hall–Kier alpha value is -3.59. The van der Waals surface area contributed by atoms with E-state index in [-0.39, 0.29) is 5.91 Å². The number of anilines is 1. The Bertz CT molecular complexity index is 1020. The molecule has 0 aliphatic carbocycles. The van der Waals surface area contributed by atoms with Gasteiger partial charge in [0.2, 0.25) is 6.04 Å². The zero-order valence-corrected chi connectivity index (χ0v) is 15.4. The summed E-state index contributed by atoms with van der Waals surface area (Å²) in [5.41, 5.74) is 1.20. The molecular formula is C21H20N3O3+. The molecule has 0 saturated carbocycles. The van der Waals surface area contributed by atoms with Crippen molar-refractivity contribution in [1.29, 1.82) is 5.26 Å². The average Bonchev–Trinajstić information content (AvgIpc) is 2.72. The van der Waals surface area contributed by atoms with Crippen LogP contribution in [0, 0.1) is 11.3 Å². The average molecular weight is 362 g/mol. The highest BCUT2D eigenvalue weighted by Gasteiger charge is 2.22. The summed E-state index contributed by atoms with van der Waals surface area (Å²) >= 11 is 0. The summed E-state index contributed by atoms with van der Waals surface area (Å²) in [7, 11) is 3.19. The van der Waals surface area contributed by atoms with Crippen LogP contribution in [-0.4, -0.2) is 20.1 Å². The number of ether oxygens (including phenoxy) is 2. The third kappa shape index (κ3) is 3.82. The maximum absolute atomic E-state index is 12.6. The van der Waals surface area contributed by atoms with Crippen LogP contribution >= 0.6 is 0 Å². The minimum absolute atomic E-state index is 0.149. The van der Waals surface area contributed by atoms with Gasteiger partial charge in [0, 0.05) is 24.1 Å². The van der Waals surface area contributed by atoms with Gasteiger partial charge >= 0.3 is 0 Å². The molecule has 0 bridgehead atoms. The topological polar surface area (TPSA) is 75.2 Å². The number of aromatic nitrogens is 1. The number of amides is 1. The van der Waals surface area contributed by atoms with Crippen molar-refractivity contribution in [2.75, 3.05) is 19.5 Å². The number of hydrogen-bond acceptors (Lipinski definition) is 4. The molecule has 27 heavy (non-hydrogen) atoms. The molecule has 1 heterocycles. The molecule has 136 valence electrons. The lowest BCUT2D eigenvalue weighted by Crippen LogP contribution is -2.44. The molecule has 0 aliphatic rings. The number of fused-ring (bicyclic) bond motifs is 1. The van der Waals surface area contributed by atoms with E-state index in [1.165, 1.54) is 0 Å². The highest BCUT2D eigenvalue weighted by Crippen LogP contribution is 2.31. The van der Waals surface area contributed by atoms with Gasteiger partial charge in [-0.2, -0.15) is 9.83 Å². The molecule has 0 spiro atoms. The molecule has 2 aromatic carbocycles. The number of nitrogens with one attached hydrogen (secondary N) is 1. The molecular weight excluding hydrogens is 342 g/mol. The Morgan fingerprint density at radius 1 is 1.07 bits per heavy atom. The minimum Gasteiger partial charge on any atom is -0.493 e. The first kappa shape index (κ1) is 18.2. The van der Waals surface area contributed by atoms with Crippen molar-refractivity contribution in [2.24, 2.45) is 0 Å².